The molecule has 0 bridgehead atoms. The number of methoxy groups -OCH3 is 1. The Morgan fingerprint density at radius 3 is 2.52 bits per heavy atom. The molecule has 1 heterocycles. The number of rotatable bonds is 7. The molecule has 6 nitrogen and oxygen atoms in total. The van der Waals surface area contributed by atoms with Crippen molar-refractivity contribution in [1.82, 2.24) is 4.90 Å². The Kier molecular flexibility index (Phi) is 6.38. The number of benzene rings is 1. The first-order valence-electron chi connectivity index (χ1n) is 7.91. The molecule has 0 atom stereocenters. The highest BCUT2D eigenvalue weighted by molar-refractivity contribution is 5.96. The van der Waals surface area contributed by atoms with E-state index in [-0.39, 0.29) is 5.91 Å². The zero-order valence-corrected chi connectivity index (χ0v) is 14.1. The molecular weight excluding hydrogens is 296 g/mol. The molecule has 6 heteroatoms. The Balaban J connectivity index is 1.76. The topological polar surface area (TPSA) is 60.0 Å². The van der Waals surface area contributed by atoms with Gasteiger partial charge < -0.3 is 19.5 Å². The van der Waals surface area contributed by atoms with Crippen molar-refractivity contribution in [2.24, 2.45) is 0 Å². The van der Waals surface area contributed by atoms with Crippen molar-refractivity contribution in [3.63, 3.8) is 0 Å². The van der Waals surface area contributed by atoms with Gasteiger partial charge in [0.25, 0.3) is 5.91 Å². The van der Waals surface area contributed by atoms with Crippen LogP contribution in [0.25, 0.3) is 0 Å². The number of nitrogens with zero attached hydrogens (tertiary/aromatic N) is 1. The molecule has 1 saturated heterocycles. The predicted octanol–water partition coefficient (Wildman–Crippen LogP) is 1.76. The predicted molar refractivity (Wildman–Crippen MR) is 88.9 cm³/mol. The summed E-state index contributed by atoms with van der Waals surface area (Å²) >= 11 is 0. The molecular formula is C17H26N2O4. The first-order chi connectivity index (χ1) is 11.0. The fourth-order valence-electron chi connectivity index (χ4n) is 2.13. The molecule has 23 heavy (non-hydrogen) atoms. The fraction of sp³-hybridized carbons (Fsp3) is 0.588. The van der Waals surface area contributed by atoms with Gasteiger partial charge in [-0.25, -0.2) is 0 Å². The van der Waals surface area contributed by atoms with Crippen molar-refractivity contribution < 1.29 is 19.0 Å². The molecule has 128 valence electrons. The smallest absolute Gasteiger partial charge is 0.256 e. The van der Waals surface area contributed by atoms with Crippen LogP contribution in [0, 0.1) is 0 Å². The summed E-state index contributed by atoms with van der Waals surface area (Å²) < 4.78 is 16.2. The van der Waals surface area contributed by atoms with Crippen LogP contribution in [0.15, 0.2) is 24.3 Å². The fourth-order valence-corrected chi connectivity index (χ4v) is 2.13. The van der Waals surface area contributed by atoms with Crippen molar-refractivity contribution in [2.75, 3.05) is 51.9 Å². The molecule has 1 aromatic carbocycles. The average molecular weight is 322 g/mol. The minimum Gasteiger partial charge on any atom is -0.492 e. The molecule has 1 aliphatic heterocycles. The summed E-state index contributed by atoms with van der Waals surface area (Å²) in [5.41, 5.74) is -0.131. The lowest BCUT2D eigenvalue weighted by atomic mass is 10.1. The Morgan fingerprint density at radius 1 is 1.26 bits per heavy atom. The van der Waals surface area contributed by atoms with E-state index in [2.05, 4.69) is 10.2 Å². The van der Waals surface area contributed by atoms with Crippen molar-refractivity contribution >= 4 is 11.6 Å². The summed E-state index contributed by atoms with van der Waals surface area (Å²) in [5.74, 6) is 0.614. The minimum absolute atomic E-state index is 0.180. The summed E-state index contributed by atoms with van der Waals surface area (Å²) in [6, 6.07) is 7.37. The van der Waals surface area contributed by atoms with Crippen LogP contribution >= 0.6 is 0 Å². The van der Waals surface area contributed by atoms with E-state index in [1.165, 1.54) is 7.11 Å². The Labute approximate surface area is 137 Å². The van der Waals surface area contributed by atoms with Gasteiger partial charge in [0.15, 0.2) is 0 Å². The lowest BCUT2D eigenvalue weighted by Crippen LogP contribution is -2.38. The molecule has 2 rings (SSSR count). The maximum atomic E-state index is 12.0. The van der Waals surface area contributed by atoms with E-state index < -0.39 is 5.60 Å². The normalized spacial score (nSPS) is 16.1. The van der Waals surface area contributed by atoms with Gasteiger partial charge in [-0.1, -0.05) is 0 Å². The number of hydrogen-bond acceptors (Lipinski definition) is 5. The zero-order chi connectivity index (χ0) is 16.7. The first kappa shape index (κ1) is 17.7. The highest BCUT2D eigenvalue weighted by Crippen LogP contribution is 2.18. The first-order valence-corrected chi connectivity index (χ1v) is 7.91. The molecule has 0 aliphatic carbocycles. The number of anilines is 1. The van der Waals surface area contributed by atoms with E-state index in [4.69, 9.17) is 14.2 Å². The maximum absolute atomic E-state index is 12.0. The molecule has 0 aromatic heterocycles. The minimum atomic E-state index is -0.854. The van der Waals surface area contributed by atoms with E-state index in [9.17, 15) is 4.79 Å². The number of carbonyl (C=O) groups is 1. The monoisotopic (exact) mass is 322 g/mol. The molecule has 0 radical (unpaired) electrons. The maximum Gasteiger partial charge on any atom is 0.256 e. The van der Waals surface area contributed by atoms with E-state index >= 15 is 0 Å². The van der Waals surface area contributed by atoms with Gasteiger partial charge in [-0.15, -0.1) is 0 Å². The molecule has 0 spiro atoms. The molecule has 1 aromatic rings. The largest absolute Gasteiger partial charge is 0.492 e. The number of nitrogens with one attached hydrogen (secondary N) is 1. The summed E-state index contributed by atoms with van der Waals surface area (Å²) in [6.45, 7) is 8.51. The van der Waals surface area contributed by atoms with Gasteiger partial charge in [-0.3, -0.25) is 9.69 Å². The lowest BCUT2D eigenvalue weighted by molar-refractivity contribution is -0.133. The van der Waals surface area contributed by atoms with Gasteiger partial charge in [-0.2, -0.15) is 0 Å². The Morgan fingerprint density at radius 2 is 1.91 bits per heavy atom. The van der Waals surface area contributed by atoms with Crippen LogP contribution < -0.4 is 10.1 Å². The average Bonchev–Trinajstić information content (AvgIpc) is 2.57. The second-order valence-corrected chi connectivity index (χ2v) is 6.00. The third-order valence-electron chi connectivity index (χ3n) is 3.95. The number of morpholine rings is 1. The highest BCUT2D eigenvalue weighted by atomic mass is 16.5. The summed E-state index contributed by atoms with van der Waals surface area (Å²) in [4.78, 5) is 14.3. The molecule has 1 fully saturated rings. The lowest BCUT2D eigenvalue weighted by Gasteiger charge is -2.26. The summed E-state index contributed by atoms with van der Waals surface area (Å²) in [6.07, 6.45) is 0. The molecule has 0 unspecified atom stereocenters. The van der Waals surface area contributed by atoms with Gasteiger partial charge in [0.1, 0.15) is 18.0 Å². The van der Waals surface area contributed by atoms with Crippen LogP contribution in [0.3, 0.4) is 0 Å². The van der Waals surface area contributed by atoms with Gasteiger partial charge in [0.2, 0.25) is 0 Å². The van der Waals surface area contributed by atoms with E-state index in [1.807, 2.05) is 24.3 Å². The van der Waals surface area contributed by atoms with Crippen LogP contribution in [0.4, 0.5) is 5.69 Å². The third kappa shape index (κ3) is 5.49. The van der Waals surface area contributed by atoms with Crippen molar-refractivity contribution in [3.05, 3.63) is 24.3 Å². The SMILES string of the molecule is COC(C)(C)C(=O)Nc1ccc(OCCN2CCOCC2)cc1. The number of carbonyl (C=O) groups excluding carboxylic acids is 1. The van der Waals surface area contributed by atoms with Gasteiger partial charge in [-0.05, 0) is 38.1 Å². The van der Waals surface area contributed by atoms with E-state index in [0.29, 0.717) is 6.61 Å². The number of ether oxygens (including phenoxy) is 3. The summed E-state index contributed by atoms with van der Waals surface area (Å²) in [5, 5.41) is 2.83. The second kappa shape index (κ2) is 8.29. The van der Waals surface area contributed by atoms with Crippen LogP contribution in [0.1, 0.15) is 13.8 Å². The number of amides is 1. The quantitative estimate of drug-likeness (QED) is 0.829. The third-order valence-corrected chi connectivity index (χ3v) is 3.95. The van der Waals surface area contributed by atoms with Gasteiger partial charge in [0, 0.05) is 32.4 Å². The summed E-state index contributed by atoms with van der Waals surface area (Å²) in [7, 11) is 1.52. The molecule has 1 aliphatic rings. The van der Waals surface area contributed by atoms with Crippen molar-refractivity contribution in [2.45, 2.75) is 19.4 Å². The van der Waals surface area contributed by atoms with E-state index in [1.54, 1.807) is 13.8 Å². The molecule has 0 saturated carbocycles. The number of hydrogen-bond donors (Lipinski definition) is 1. The van der Waals surface area contributed by atoms with Crippen molar-refractivity contribution in [3.8, 4) is 5.75 Å². The van der Waals surface area contributed by atoms with Gasteiger partial charge in [0.05, 0.1) is 13.2 Å². The van der Waals surface area contributed by atoms with Gasteiger partial charge >= 0.3 is 0 Å². The van der Waals surface area contributed by atoms with Crippen LogP contribution in [-0.2, 0) is 14.3 Å². The standard InChI is InChI=1S/C17H26N2O4/c1-17(2,21-3)16(20)18-14-4-6-15(7-5-14)23-13-10-19-8-11-22-12-9-19/h4-7H,8-13H2,1-3H3,(H,18,20). The molecule has 1 N–H and O–H groups in total. The van der Waals surface area contributed by atoms with Crippen LogP contribution in [-0.4, -0.2) is 63.0 Å². The van der Waals surface area contributed by atoms with E-state index in [0.717, 1.165) is 44.3 Å². The highest BCUT2D eigenvalue weighted by Gasteiger charge is 2.26. The molecule has 1 amide bonds. The Bertz CT molecular complexity index is 496. The van der Waals surface area contributed by atoms with Crippen molar-refractivity contribution in [1.29, 1.82) is 0 Å². The second-order valence-electron chi connectivity index (χ2n) is 6.00. The Hall–Kier alpha value is -1.63. The zero-order valence-electron chi connectivity index (χ0n) is 14.1. The van der Waals surface area contributed by atoms with Crippen LogP contribution in [0.5, 0.6) is 5.75 Å². The van der Waals surface area contributed by atoms with Crippen LogP contribution in [0.2, 0.25) is 0 Å².